The third-order valence-corrected chi connectivity index (χ3v) is 5.94. The van der Waals surface area contributed by atoms with Gasteiger partial charge in [-0.1, -0.05) is 6.42 Å². The van der Waals surface area contributed by atoms with Crippen molar-refractivity contribution in [3.05, 3.63) is 22.5 Å². The molecule has 3 rings (SSSR count). The molecule has 1 aromatic rings. The van der Waals surface area contributed by atoms with Gasteiger partial charge in [-0.05, 0) is 70.3 Å². The average molecular weight is 332 g/mol. The molecule has 0 radical (unpaired) electrons. The summed E-state index contributed by atoms with van der Waals surface area (Å²) in [6, 6.07) is 0.174. The van der Waals surface area contributed by atoms with E-state index in [-0.39, 0.29) is 11.9 Å². The Bertz CT molecular complexity index is 649. The highest BCUT2D eigenvalue weighted by Crippen LogP contribution is 2.49. The summed E-state index contributed by atoms with van der Waals surface area (Å²) >= 11 is 0. The van der Waals surface area contributed by atoms with Gasteiger partial charge >= 0.3 is 5.97 Å². The second-order valence-electron chi connectivity index (χ2n) is 7.45. The van der Waals surface area contributed by atoms with E-state index in [9.17, 15) is 9.59 Å². The first-order chi connectivity index (χ1) is 11.4. The summed E-state index contributed by atoms with van der Waals surface area (Å²) in [5, 5.41) is 3.18. The van der Waals surface area contributed by atoms with Crippen molar-refractivity contribution in [3.63, 3.8) is 0 Å². The summed E-state index contributed by atoms with van der Waals surface area (Å²) in [6.45, 7) is 7.83. The first-order valence-corrected chi connectivity index (χ1v) is 9.09. The zero-order valence-corrected chi connectivity index (χ0v) is 15.1. The number of ether oxygens (including phenoxy) is 1. The van der Waals surface area contributed by atoms with E-state index in [0.717, 1.165) is 11.8 Å². The van der Waals surface area contributed by atoms with Gasteiger partial charge in [-0.3, -0.25) is 4.79 Å². The van der Waals surface area contributed by atoms with Crippen LogP contribution >= 0.6 is 0 Å². The van der Waals surface area contributed by atoms with Crippen molar-refractivity contribution in [1.82, 2.24) is 10.3 Å². The van der Waals surface area contributed by atoms with Crippen molar-refractivity contribution in [1.29, 1.82) is 0 Å². The van der Waals surface area contributed by atoms with Crippen LogP contribution in [-0.4, -0.2) is 29.5 Å². The van der Waals surface area contributed by atoms with E-state index in [4.69, 9.17) is 4.74 Å². The van der Waals surface area contributed by atoms with Crippen LogP contribution in [0, 0.1) is 31.6 Å². The number of nitrogens with one attached hydrogen (secondary N) is 2. The number of aryl methyl sites for hydroxylation is 1. The number of esters is 1. The van der Waals surface area contributed by atoms with Crippen molar-refractivity contribution >= 4 is 11.9 Å². The highest BCUT2D eigenvalue weighted by atomic mass is 16.5. The molecule has 1 aromatic heterocycles. The molecule has 4 atom stereocenters. The summed E-state index contributed by atoms with van der Waals surface area (Å²) in [6.07, 6.45) is 5.25. The van der Waals surface area contributed by atoms with Crippen molar-refractivity contribution < 1.29 is 14.3 Å². The minimum Gasteiger partial charge on any atom is -0.461 e. The fourth-order valence-electron chi connectivity index (χ4n) is 4.79. The Labute approximate surface area is 143 Å². The number of carbonyl (C=O) groups is 2. The third kappa shape index (κ3) is 2.96. The molecule has 2 saturated carbocycles. The molecule has 0 spiro atoms. The number of hydrogen-bond acceptors (Lipinski definition) is 3. The topological polar surface area (TPSA) is 71.2 Å². The van der Waals surface area contributed by atoms with Gasteiger partial charge in [0.15, 0.2) is 0 Å². The van der Waals surface area contributed by atoms with Crippen LogP contribution in [0.15, 0.2) is 0 Å². The number of carbonyl (C=O) groups excluding carboxylic acids is 2. The lowest BCUT2D eigenvalue weighted by Crippen LogP contribution is -2.40. The number of rotatable bonds is 5. The second-order valence-corrected chi connectivity index (χ2v) is 7.45. The lowest BCUT2D eigenvalue weighted by molar-refractivity contribution is 0.0519. The van der Waals surface area contributed by atoms with Gasteiger partial charge in [-0.15, -0.1) is 0 Å². The molecule has 2 fully saturated rings. The van der Waals surface area contributed by atoms with Gasteiger partial charge in [0.1, 0.15) is 5.69 Å². The molecule has 5 heteroatoms. The van der Waals surface area contributed by atoms with Gasteiger partial charge in [0.2, 0.25) is 0 Å². The maximum Gasteiger partial charge on any atom is 0.355 e. The Hall–Kier alpha value is -1.78. The van der Waals surface area contributed by atoms with Crippen LogP contribution in [0.2, 0.25) is 0 Å². The van der Waals surface area contributed by atoms with E-state index in [1.807, 2.05) is 6.92 Å². The van der Waals surface area contributed by atoms with Crippen molar-refractivity contribution in [2.75, 3.05) is 6.61 Å². The number of hydrogen-bond donors (Lipinski definition) is 2. The fourth-order valence-corrected chi connectivity index (χ4v) is 4.79. The zero-order chi connectivity index (χ0) is 17.4. The van der Waals surface area contributed by atoms with E-state index in [1.165, 1.54) is 25.7 Å². The molecule has 24 heavy (non-hydrogen) atoms. The quantitative estimate of drug-likeness (QED) is 0.812. The van der Waals surface area contributed by atoms with Gasteiger partial charge in [0.25, 0.3) is 5.91 Å². The molecule has 2 bridgehead atoms. The molecule has 5 nitrogen and oxygen atoms in total. The summed E-state index contributed by atoms with van der Waals surface area (Å²) in [4.78, 5) is 27.8. The Morgan fingerprint density at radius 2 is 2.04 bits per heavy atom. The Kier molecular flexibility index (Phi) is 4.70. The van der Waals surface area contributed by atoms with Crippen molar-refractivity contribution in [2.24, 2.45) is 17.8 Å². The van der Waals surface area contributed by atoms with Crippen LogP contribution in [0.1, 0.15) is 71.6 Å². The average Bonchev–Trinajstić information content (AvgIpc) is 3.21. The largest absolute Gasteiger partial charge is 0.461 e. The monoisotopic (exact) mass is 332 g/mol. The van der Waals surface area contributed by atoms with E-state index in [0.29, 0.717) is 35.0 Å². The summed E-state index contributed by atoms with van der Waals surface area (Å²) in [5.74, 6) is 1.74. The fraction of sp³-hybridized carbons (Fsp3) is 0.684. The van der Waals surface area contributed by atoms with Crippen molar-refractivity contribution in [2.45, 2.75) is 59.4 Å². The molecule has 0 unspecified atom stereocenters. The Morgan fingerprint density at radius 1 is 1.29 bits per heavy atom. The minimum absolute atomic E-state index is 0.0907. The maximum atomic E-state index is 12.8. The van der Waals surface area contributed by atoms with Crippen LogP contribution < -0.4 is 5.32 Å². The molecule has 2 N–H and O–H groups in total. The number of fused-ring (bicyclic) bond motifs is 2. The Morgan fingerprint density at radius 3 is 2.62 bits per heavy atom. The molecule has 1 amide bonds. The number of H-pyrrole nitrogens is 1. The van der Waals surface area contributed by atoms with Crippen LogP contribution in [-0.2, 0) is 4.74 Å². The van der Waals surface area contributed by atoms with Gasteiger partial charge < -0.3 is 15.0 Å². The van der Waals surface area contributed by atoms with Crippen LogP contribution in [0.3, 0.4) is 0 Å². The van der Waals surface area contributed by atoms with E-state index < -0.39 is 5.97 Å². The molecule has 132 valence electrons. The molecule has 2 aliphatic rings. The SMILES string of the molecule is CCOC(=O)c1[nH]c(C)c(C(=O)N[C@H](C)[C@H]2C[C@H]3CC[C@H]2C3)c1C. The molecule has 1 heterocycles. The predicted molar refractivity (Wildman–Crippen MR) is 92.1 cm³/mol. The summed E-state index contributed by atoms with van der Waals surface area (Å²) in [5.41, 5.74) is 2.34. The summed E-state index contributed by atoms with van der Waals surface area (Å²) < 4.78 is 5.05. The molecule has 0 aliphatic heterocycles. The van der Waals surface area contributed by atoms with Gasteiger partial charge in [-0.25, -0.2) is 4.79 Å². The maximum absolute atomic E-state index is 12.8. The number of amides is 1. The minimum atomic E-state index is -0.404. The molecular formula is C19H28N2O3. The van der Waals surface area contributed by atoms with E-state index >= 15 is 0 Å². The van der Waals surface area contributed by atoms with E-state index in [1.54, 1.807) is 13.8 Å². The van der Waals surface area contributed by atoms with E-state index in [2.05, 4.69) is 17.2 Å². The Balaban J connectivity index is 1.72. The van der Waals surface area contributed by atoms with Gasteiger partial charge in [-0.2, -0.15) is 0 Å². The van der Waals surface area contributed by atoms with Crippen molar-refractivity contribution in [3.8, 4) is 0 Å². The smallest absolute Gasteiger partial charge is 0.355 e. The summed E-state index contributed by atoms with van der Waals surface area (Å²) in [7, 11) is 0. The first kappa shape index (κ1) is 17.1. The van der Waals surface area contributed by atoms with Gasteiger partial charge in [0, 0.05) is 11.7 Å². The van der Waals surface area contributed by atoms with Gasteiger partial charge in [0.05, 0.1) is 12.2 Å². The molecular weight excluding hydrogens is 304 g/mol. The highest BCUT2D eigenvalue weighted by Gasteiger charge is 2.42. The predicted octanol–water partition coefficient (Wildman–Crippen LogP) is 3.36. The normalized spacial score (nSPS) is 26.4. The molecule has 2 aliphatic carbocycles. The van der Waals surface area contributed by atoms with Crippen LogP contribution in [0.4, 0.5) is 0 Å². The standard InChI is InChI=1S/C19H28N2O3/c1-5-24-19(23)17-10(2)16(12(4)20-17)18(22)21-11(3)15-9-13-6-7-14(15)8-13/h11,13-15,20H,5-9H2,1-4H3,(H,21,22)/t11-,13+,14+,15-/m1/s1. The highest BCUT2D eigenvalue weighted by molar-refractivity contribution is 6.01. The zero-order valence-electron chi connectivity index (χ0n) is 15.1. The number of aromatic nitrogens is 1. The third-order valence-electron chi connectivity index (χ3n) is 5.94. The first-order valence-electron chi connectivity index (χ1n) is 9.09. The molecule has 0 aromatic carbocycles. The van der Waals surface area contributed by atoms with Crippen LogP contribution in [0.5, 0.6) is 0 Å². The lowest BCUT2D eigenvalue weighted by atomic mass is 9.84. The van der Waals surface area contributed by atoms with Crippen LogP contribution in [0.25, 0.3) is 0 Å². The lowest BCUT2D eigenvalue weighted by Gasteiger charge is -2.28. The molecule has 0 saturated heterocycles. The number of aromatic amines is 1. The second kappa shape index (κ2) is 6.61.